The molecule has 7 nitrogen and oxygen atoms in total. The molecule has 33 heavy (non-hydrogen) atoms. The van der Waals surface area contributed by atoms with Crippen molar-refractivity contribution in [3.63, 3.8) is 0 Å². The molecule has 4 aromatic rings. The highest BCUT2D eigenvalue weighted by Crippen LogP contribution is 2.41. The van der Waals surface area contributed by atoms with Gasteiger partial charge in [0.25, 0.3) is 0 Å². The van der Waals surface area contributed by atoms with Gasteiger partial charge in [0, 0.05) is 35.4 Å². The van der Waals surface area contributed by atoms with E-state index in [4.69, 9.17) is 16.6 Å². The Bertz CT molecular complexity index is 1300. The van der Waals surface area contributed by atoms with Crippen molar-refractivity contribution < 1.29 is 4.79 Å². The van der Waals surface area contributed by atoms with Crippen LogP contribution in [0.2, 0.25) is 5.02 Å². The van der Waals surface area contributed by atoms with E-state index in [1.165, 1.54) is 0 Å². The van der Waals surface area contributed by atoms with E-state index in [9.17, 15) is 4.79 Å². The van der Waals surface area contributed by atoms with Gasteiger partial charge in [-0.3, -0.25) is 4.79 Å². The van der Waals surface area contributed by atoms with Gasteiger partial charge in [-0.1, -0.05) is 35.9 Å². The molecule has 2 heterocycles. The summed E-state index contributed by atoms with van der Waals surface area (Å²) in [6.07, 6.45) is 4.27. The number of aromatic amines is 1. The molecular weight excluding hydrogens is 436 g/mol. The molecule has 2 aromatic carbocycles. The minimum atomic E-state index is -0.0927. The number of anilines is 2. The van der Waals surface area contributed by atoms with Crippen LogP contribution in [0.4, 0.5) is 11.6 Å². The SMILES string of the molecule is CNc1nccc(-c2[nH]c(C3CC3)nc2-c2cccc(NC(=O)Cc3ccc(Cl)cc3)c2)n1. The van der Waals surface area contributed by atoms with E-state index in [0.717, 1.165) is 46.9 Å². The summed E-state index contributed by atoms with van der Waals surface area (Å²) in [5.74, 6) is 1.89. The van der Waals surface area contributed by atoms with E-state index in [1.54, 1.807) is 25.4 Å². The Balaban J connectivity index is 1.43. The lowest BCUT2D eigenvalue weighted by molar-refractivity contribution is -0.115. The molecule has 0 saturated heterocycles. The summed E-state index contributed by atoms with van der Waals surface area (Å²) >= 11 is 5.93. The monoisotopic (exact) mass is 458 g/mol. The van der Waals surface area contributed by atoms with Crippen molar-refractivity contribution in [1.29, 1.82) is 0 Å². The Labute approximate surface area is 196 Å². The highest BCUT2D eigenvalue weighted by Gasteiger charge is 2.29. The lowest BCUT2D eigenvalue weighted by Crippen LogP contribution is -2.14. The number of rotatable bonds is 7. The van der Waals surface area contributed by atoms with Gasteiger partial charge in [0.1, 0.15) is 5.82 Å². The predicted molar refractivity (Wildman–Crippen MR) is 130 cm³/mol. The largest absolute Gasteiger partial charge is 0.357 e. The zero-order valence-corrected chi connectivity index (χ0v) is 18.9. The van der Waals surface area contributed by atoms with Crippen LogP contribution in [0.15, 0.2) is 60.8 Å². The highest BCUT2D eigenvalue weighted by atomic mass is 35.5. The summed E-state index contributed by atoms with van der Waals surface area (Å²) in [6, 6.07) is 16.9. The second-order valence-electron chi connectivity index (χ2n) is 8.07. The summed E-state index contributed by atoms with van der Waals surface area (Å²) in [6.45, 7) is 0. The van der Waals surface area contributed by atoms with Crippen molar-refractivity contribution in [1.82, 2.24) is 19.9 Å². The van der Waals surface area contributed by atoms with E-state index in [0.29, 0.717) is 22.6 Å². The highest BCUT2D eigenvalue weighted by molar-refractivity contribution is 6.30. The maximum absolute atomic E-state index is 12.6. The molecule has 1 saturated carbocycles. The molecule has 0 spiro atoms. The zero-order valence-electron chi connectivity index (χ0n) is 18.1. The molecule has 1 aliphatic carbocycles. The average Bonchev–Trinajstić information content (AvgIpc) is 3.59. The van der Waals surface area contributed by atoms with E-state index >= 15 is 0 Å². The molecule has 8 heteroatoms. The van der Waals surface area contributed by atoms with Gasteiger partial charge in [0.05, 0.1) is 23.5 Å². The Morgan fingerprint density at radius 1 is 1.12 bits per heavy atom. The van der Waals surface area contributed by atoms with Gasteiger partial charge < -0.3 is 15.6 Å². The van der Waals surface area contributed by atoms with Crippen LogP contribution in [0.1, 0.15) is 30.1 Å². The smallest absolute Gasteiger partial charge is 0.228 e. The molecule has 3 N–H and O–H groups in total. The Hall–Kier alpha value is -3.71. The number of nitrogens with zero attached hydrogens (tertiary/aromatic N) is 3. The number of halogens is 1. The first-order valence-corrected chi connectivity index (χ1v) is 11.2. The maximum atomic E-state index is 12.6. The van der Waals surface area contributed by atoms with Crippen molar-refractivity contribution >= 4 is 29.1 Å². The van der Waals surface area contributed by atoms with Gasteiger partial charge in [-0.25, -0.2) is 15.0 Å². The standard InChI is InChI=1S/C25H23ClN6O/c1-27-25-28-12-11-20(30-25)23-22(31-24(32-23)16-7-8-16)17-3-2-4-19(14-17)29-21(33)13-15-5-9-18(26)10-6-15/h2-6,9-12,14,16H,7-8,13H2,1H3,(H,29,33)(H,31,32)(H,27,28,30). The van der Waals surface area contributed by atoms with E-state index in [-0.39, 0.29) is 12.3 Å². The number of imidazole rings is 1. The number of nitrogens with one attached hydrogen (secondary N) is 3. The van der Waals surface area contributed by atoms with Crippen LogP contribution in [-0.2, 0) is 11.2 Å². The number of benzene rings is 2. The number of amides is 1. The molecule has 1 aliphatic rings. The molecule has 1 amide bonds. The average molecular weight is 459 g/mol. The van der Waals surface area contributed by atoms with Crippen molar-refractivity contribution in [2.75, 3.05) is 17.7 Å². The Morgan fingerprint density at radius 3 is 2.70 bits per heavy atom. The van der Waals surface area contributed by atoms with Gasteiger partial charge in [0.15, 0.2) is 0 Å². The van der Waals surface area contributed by atoms with Crippen LogP contribution in [0.5, 0.6) is 0 Å². The fraction of sp³-hybridized carbons (Fsp3) is 0.200. The van der Waals surface area contributed by atoms with Gasteiger partial charge in [-0.2, -0.15) is 0 Å². The quantitative estimate of drug-likeness (QED) is 0.350. The third kappa shape index (κ3) is 4.88. The normalized spacial score (nSPS) is 13.0. The molecule has 2 aromatic heterocycles. The first kappa shape index (κ1) is 21.2. The van der Waals surface area contributed by atoms with Gasteiger partial charge in [-0.05, 0) is 48.7 Å². The van der Waals surface area contributed by atoms with Crippen molar-refractivity contribution in [3.05, 3.63) is 77.2 Å². The zero-order chi connectivity index (χ0) is 22.8. The fourth-order valence-electron chi connectivity index (χ4n) is 3.69. The van der Waals surface area contributed by atoms with Gasteiger partial charge in [-0.15, -0.1) is 0 Å². The Morgan fingerprint density at radius 2 is 1.94 bits per heavy atom. The number of carbonyl (C=O) groups is 1. The van der Waals surface area contributed by atoms with Crippen molar-refractivity contribution in [2.45, 2.75) is 25.2 Å². The second kappa shape index (κ2) is 9.03. The fourth-order valence-corrected chi connectivity index (χ4v) is 3.82. The topological polar surface area (TPSA) is 95.6 Å². The van der Waals surface area contributed by atoms with Crippen LogP contribution in [0, 0.1) is 0 Å². The first-order chi connectivity index (χ1) is 16.1. The number of hydrogen-bond donors (Lipinski definition) is 3. The summed E-state index contributed by atoms with van der Waals surface area (Å²) < 4.78 is 0. The minimum Gasteiger partial charge on any atom is -0.357 e. The van der Waals surface area contributed by atoms with Crippen LogP contribution in [0.25, 0.3) is 22.6 Å². The van der Waals surface area contributed by atoms with E-state index in [1.807, 2.05) is 42.5 Å². The molecular formula is C25H23ClN6O. The lowest BCUT2D eigenvalue weighted by Gasteiger charge is -2.08. The van der Waals surface area contributed by atoms with Gasteiger partial charge >= 0.3 is 0 Å². The molecule has 0 bridgehead atoms. The van der Waals surface area contributed by atoms with Gasteiger partial charge in [0.2, 0.25) is 11.9 Å². The number of carbonyl (C=O) groups excluding carboxylic acids is 1. The van der Waals surface area contributed by atoms with E-state index < -0.39 is 0 Å². The molecule has 0 unspecified atom stereocenters. The first-order valence-electron chi connectivity index (χ1n) is 10.8. The minimum absolute atomic E-state index is 0.0927. The van der Waals surface area contributed by atoms with E-state index in [2.05, 4.69) is 25.6 Å². The Kier molecular flexibility index (Phi) is 5.79. The molecule has 166 valence electrons. The second-order valence-corrected chi connectivity index (χ2v) is 8.50. The maximum Gasteiger partial charge on any atom is 0.228 e. The summed E-state index contributed by atoms with van der Waals surface area (Å²) in [7, 11) is 1.79. The molecule has 0 aliphatic heterocycles. The van der Waals surface area contributed by atoms with Crippen molar-refractivity contribution in [3.8, 4) is 22.6 Å². The molecule has 0 radical (unpaired) electrons. The molecule has 5 rings (SSSR count). The third-order valence-corrected chi connectivity index (χ3v) is 5.77. The van der Waals surface area contributed by atoms with Crippen LogP contribution in [-0.4, -0.2) is 32.9 Å². The summed E-state index contributed by atoms with van der Waals surface area (Å²) in [5, 5.41) is 6.62. The van der Waals surface area contributed by atoms with Crippen LogP contribution in [0.3, 0.4) is 0 Å². The van der Waals surface area contributed by atoms with Crippen LogP contribution >= 0.6 is 11.6 Å². The molecule has 1 fully saturated rings. The number of hydrogen-bond acceptors (Lipinski definition) is 5. The summed E-state index contributed by atoms with van der Waals surface area (Å²) in [5.41, 5.74) is 4.95. The number of aromatic nitrogens is 4. The summed E-state index contributed by atoms with van der Waals surface area (Å²) in [4.78, 5) is 29.8. The predicted octanol–water partition coefficient (Wildman–Crippen LogP) is 5.29. The lowest BCUT2D eigenvalue weighted by atomic mass is 10.1. The number of H-pyrrole nitrogens is 1. The third-order valence-electron chi connectivity index (χ3n) is 5.52. The van der Waals surface area contributed by atoms with Crippen LogP contribution < -0.4 is 10.6 Å². The molecule has 0 atom stereocenters. The van der Waals surface area contributed by atoms with Crippen molar-refractivity contribution in [2.24, 2.45) is 0 Å².